The molecule has 1 aliphatic heterocycles. The summed E-state index contributed by atoms with van der Waals surface area (Å²) in [6.07, 6.45) is 0. The van der Waals surface area contributed by atoms with Crippen LogP contribution in [0.2, 0.25) is 0 Å². The predicted octanol–water partition coefficient (Wildman–Crippen LogP) is 1.74. The molecule has 94 valence electrons. The van der Waals surface area contributed by atoms with Gasteiger partial charge in [-0.2, -0.15) is 11.8 Å². The Hall–Kier alpha value is -0.710. The van der Waals surface area contributed by atoms with Gasteiger partial charge in [-0.05, 0) is 24.7 Å². The van der Waals surface area contributed by atoms with E-state index in [0.717, 1.165) is 18.0 Å². The number of hydrogen-bond acceptors (Lipinski definition) is 4. The Morgan fingerprint density at radius 3 is 2.71 bits per heavy atom. The van der Waals surface area contributed by atoms with Gasteiger partial charge in [-0.25, -0.2) is 0 Å². The van der Waals surface area contributed by atoms with Crippen molar-refractivity contribution < 1.29 is 4.74 Å². The third-order valence-electron chi connectivity index (χ3n) is 3.36. The van der Waals surface area contributed by atoms with Gasteiger partial charge in [-0.1, -0.05) is 12.1 Å². The number of nitrogens with two attached hydrogens (primary N) is 1. The highest BCUT2D eigenvalue weighted by atomic mass is 32.2. The van der Waals surface area contributed by atoms with Gasteiger partial charge in [0.25, 0.3) is 0 Å². The van der Waals surface area contributed by atoms with E-state index < -0.39 is 0 Å². The molecule has 0 amide bonds. The maximum atomic E-state index is 6.36. The van der Waals surface area contributed by atoms with Crippen molar-refractivity contribution in [1.29, 1.82) is 0 Å². The molecule has 0 aromatic heterocycles. The zero-order chi connectivity index (χ0) is 12.3. The lowest BCUT2D eigenvalue weighted by molar-refractivity contribution is 0.237. The van der Waals surface area contributed by atoms with Crippen molar-refractivity contribution in [3.8, 4) is 5.75 Å². The molecule has 1 saturated heterocycles. The van der Waals surface area contributed by atoms with E-state index >= 15 is 0 Å². The zero-order valence-corrected chi connectivity index (χ0v) is 11.2. The predicted molar refractivity (Wildman–Crippen MR) is 73.7 cm³/mol. The number of methoxy groups -OCH3 is 1. The van der Waals surface area contributed by atoms with Gasteiger partial charge in [0.2, 0.25) is 0 Å². The van der Waals surface area contributed by atoms with Gasteiger partial charge in [-0.3, -0.25) is 4.90 Å². The van der Waals surface area contributed by atoms with E-state index in [9.17, 15) is 0 Å². The molecule has 2 N–H and O–H groups in total. The SMILES string of the molecule is COc1ccc(C(N)C2CSCCN2C)cc1. The van der Waals surface area contributed by atoms with Gasteiger partial charge in [0.15, 0.2) is 0 Å². The zero-order valence-electron chi connectivity index (χ0n) is 10.4. The summed E-state index contributed by atoms with van der Waals surface area (Å²) in [6, 6.07) is 8.60. The molecule has 0 saturated carbocycles. The minimum atomic E-state index is 0.0821. The van der Waals surface area contributed by atoms with Crippen LogP contribution in [-0.4, -0.2) is 43.1 Å². The van der Waals surface area contributed by atoms with E-state index in [4.69, 9.17) is 10.5 Å². The monoisotopic (exact) mass is 252 g/mol. The fourth-order valence-electron chi connectivity index (χ4n) is 2.13. The highest BCUT2D eigenvalue weighted by Crippen LogP contribution is 2.26. The van der Waals surface area contributed by atoms with Crippen LogP contribution >= 0.6 is 11.8 Å². The normalized spacial score (nSPS) is 23.4. The number of thioether (sulfide) groups is 1. The number of ether oxygens (including phenoxy) is 1. The molecule has 1 aliphatic rings. The van der Waals surface area contributed by atoms with E-state index in [2.05, 4.69) is 24.1 Å². The smallest absolute Gasteiger partial charge is 0.118 e. The van der Waals surface area contributed by atoms with Crippen molar-refractivity contribution in [3.05, 3.63) is 29.8 Å². The van der Waals surface area contributed by atoms with E-state index in [0.29, 0.717) is 6.04 Å². The van der Waals surface area contributed by atoms with Crippen LogP contribution in [0.4, 0.5) is 0 Å². The minimum Gasteiger partial charge on any atom is -0.497 e. The summed E-state index contributed by atoms with van der Waals surface area (Å²) in [7, 11) is 3.84. The maximum Gasteiger partial charge on any atom is 0.118 e. The summed E-state index contributed by atoms with van der Waals surface area (Å²) in [6.45, 7) is 1.12. The summed E-state index contributed by atoms with van der Waals surface area (Å²) in [5.74, 6) is 3.21. The molecule has 0 radical (unpaired) electrons. The molecule has 2 atom stereocenters. The van der Waals surface area contributed by atoms with Gasteiger partial charge in [0.1, 0.15) is 5.75 Å². The lowest BCUT2D eigenvalue weighted by atomic mass is 10.00. The first-order valence-corrected chi connectivity index (χ1v) is 7.05. The Morgan fingerprint density at radius 1 is 1.41 bits per heavy atom. The Bertz CT molecular complexity index is 355. The van der Waals surface area contributed by atoms with Crippen molar-refractivity contribution in [2.24, 2.45) is 5.73 Å². The summed E-state index contributed by atoms with van der Waals surface area (Å²) in [5.41, 5.74) is 7.54. The van der Waals surface area contributed by atoms with E-state index in [-0.39, 0.29) is 6.04 Å². The molecule has 0 spiro atoms. The molecule has 1 fully saturated rings. The van der Waals surface area contributed by atoms with Crippen LogP contribution in [0.3, 0.4) is 0 Å². The molecule has 1 aromatic rings. The van der Waals surface area contributed by atoms with Crippen LogP contribution in [0.25, 0.3) is 0 Å². The van der Waals surface area contributed by atoms with Crippen molar-refractivity contribution in [1.82, 2.24) is 4.90 Å². The lowest BCUT2D eigenvalue weighted by Gasteiger charge is -2.36. The van der Waals surface area contributed by atoms with Crippen LogP contribution in [-0.2, 0) is 0 Å². The summed E-state index contributed by atoms with van der Waals surface area (Å²) in [5, 5.41) is 0. The molecule has 3 nitrogen and oxygen atoms in total. The van der Waals surface area contributed by atoms with E-state index in [1.807, 2.05) is 23.9 Å². The van der Waals surface area contributed by atoms with Crippen LogP contribution in [0.5, 0.6) is 5.75 Å². The first-order chi connectivity index (χ1) is 8.22. The number of likely N-dealkylation sites (N-methyl/N-ethyl adjacent to an activating group) is 1. The molecular weight excluding hydrogens is 232 g/mol. The third-order valence-corrected chi connectivity index (χ3v) is 4.41. The minimum absolute atomic E-state index is 0.0821. The largest absolute Gasteiger partial charge is 0.497 e. The first kappa shape index (κ1) is 12.7. The van der Waals surface area contributed by atoms with Crippen molar-refractivity contribution in [3.63, 3.8) is 0 Å². The van der Waals surface area contributed by atoms with Gasteiger partial charge in [0.05, 0.1) is 7.11 Å². The highest BCUT2D eigenvalue weighted by molar-refractivity contribution is 7.99. The van der Waals surface area contributed by atoms with Crippen LogP contribution in [0.1, 0.15) is 11.6 Å². The number of nitrogens with zero attached hydrogens (tertiary/aromatic N) is 1. The van der Waals surface area contributed by atoms with Crippen molar-refractivity contribution >= 4 is 11.8 Å². The van der Waals surface area contributed by atoms with Crippen LogP contribution < -0.4 is 10.5 Å². The Morgan fingerprint density at radius 2 is 2.12 bits per heavy atom. The summed E-state index contributed by atoms with van der Waals surface area (Å²) >= 11 is 1.99. The van der Waals surface area contributed by atoms with Crippen LogP contribution in [0, 0.1) is 0 Å². The number of rotatable bonds is 3. The standard InChI is InChI=1S/C13H20N2OS/c1-15-7-8-17-9-12(15)13(14)10-3-5-11(16-2)6-4-10/h3-6,12-13H,7-9,14H2,1-2H3. The lowest BCUT2D eigenvalue weighted by Crippen LogP contribution is -2.46. The van der Waals surface area contributed by atoms with E-state index in [1.165, 1.54) is 11.3 Å². The van der Waals surface area contributed by atoms with Crippen molar-refractivity contribution in [2.75, 3.05) is 32.2 Å². The Kier molecular flexibility index (Phi) is 4.31. The average Bonchev–Trinajstić information content (AvgIpc) is 2.39. The van der Waals surface area contributed by atoms with Gasteiger partial charge < -0.3 is 10.5 Å². The molecule has 0 aliphatic carbocycles. The quantitative estimate of drug-likeness (QED) is 0.889. The van der Waals surface area contributed by atoms with Crippen molar-refractivity contribution in [2.45, 2.75) is 12.1 Å². The molecule has 17 heavy (non-hydrogen) atoms. The molecule has 4 heteroatoms. The molecule has 2 unspecified atom stereocenters. The fraction of sp³-hybridized carbons (Fsp3) is 0.538. The topological polar surface area (TPSA) is 38.5 Å². The maximum absolute atomic E-state index is 6.36. The Balaban J connectivity index is 2.09. The highest BCUT2D eigenvalue weighted by Gasteiger charge is 2.26. The molecule has 0 bridgehead atoms. The van der Waals surface area contributed by atoms with Gasteiger partial charge in [-0.15, -0.1) is 0 Å². The third kappa shape index (κ3) is 2.94. The summed E-state index contributed by atoms with van der Waals surface area (Å²) in [4.78, 5) is 2.37. The van der Waals surface area contributed by atoms with Gasteiger partial charge in [0, 0.05) is 30.1 Å². The van der Waals surface area contributed by atoms with E-state index in [1.54, 1.807) is 7.11 Å². The second kappa shape index (κ2) is 5.76. The average molecular weight is 252 g/mol. The Labute approximate surface area is 107 Å². The second-order valence-corrected chi connectivity index (χ2v) is 5.57. The fourth-order valence-corrected chi connectivity index (χ4v) is 3.42. The van der Waals surface area contributed by atoms with Crippen LogP contribution in [0.15, 0.2) is 24.3 Å². The summed E-state index contributed by atoms with van der Waals surface area (Å²) < 4.78 is 5.16. The number of benzene rings is 1. The van der Waals surface area contributed by atoms with Gasteiger partial charge >= 0.3 is 0 Å². The first-order valence-electron chi connectivity index (χ1n) is 5.90. The molecular formula is C13H20N2OS. The molecule has 1 heterocycles. The second-order valence-electron chi connectivity index (χ2n) is 4.42. The molecule has 1 aromatic carbocycles. The molecule has 2 rings (SSSR count). The number of hydrogen-bond donors (Lipinski definition) is 1.